The van der Waals surface area contributed by atoms with Crippen LogP contribution in [0.3, 0.4) is 0 Å². The summed E-state index contributed by atoms with van der Waals surface area (Å²) in [5.74, 6) is 2.23. The molecule has 2 aliphatic rings. The first-order valence-corrected chi connectivity index (χ1v) is 10.5. The van der Waals surface area contributed by atoms with E-state index in [4.69, 9.17) is 9.72 Å². The Hall–Kier alpha value is -3.27. The van der Waals surface area contributed by atoms with Crippen molar-refractivity contribution in [3.63, 3.8) is 0 Å². The van der Waals surface area contributed by atoms with Gasteiger partial charge in [-0.2, -0.15) is 0 Å². The maximum Gasteiger partial charge on any atom is 0.130 e. The Morgan fingerprint density at radius 2 is 2.10 bits per heavy atom. The van der Waals surface area contributed by atoms with Crippen LogP contribution >= 0.6 is 0 Å². The van der Waals surface area contributed by atoms with Gasteiger partial charge in [0.2, 0.25) is 0 Å². The minimum absolute atomic E-state index is 0.169. The molecule has 2 heterocycles. The average Bonchev–Trinajstić information content (AvgIpc) is 3.36. The molecule has 1 aliphatic carbocycles. The van der Waals surface area contributed by atoms with Gasteiger partial charge in [0.15, 0.2) is 0 Å². The molecule has 1 aromatic heterocycles. The quantitative estimate of drug-likeness (QED) is 0.565. The highest BCUT2D eigenvalue weighted by atomic mass is 16.5. The van der Waals surface area contributed by atoms with Gasteiger partial charge in [0, 0.05) is 24.2 Å². The fraction of sp³-hybridized carbons (Fsp3) is 0.269. The minimum Gasteiger partial charge on any atom is -0.497 e. The van der Waals surface area contributed by atoms with Crippen molar-refractivity contribution < 1.29 is 4.74 Å². The van der Waals surface area contributed by atoms with Crippen LogP contribution in [0.15, 0.2) is 78.5 Å². The minimum atomic E-state index is 0.169. The van der Waals surface area contributed by atoms with E-state index in [9.17, 15) is 0 Å². The van der Waals surface area contributed by atoms with Crippen molar-refractivity contribution in [2.75, 3.05) is 13.7 Å². The number of nitrogens with zero attached hydrogens (tertiary/aromatic N) is 2. The summed E-state index contributed by atoms with van der Waals surface area (Å²) in [6.07, 6.45) is 8.91. The zero-order valence-electron chi connectivity index (χ0n) is 17.6. The monoisotopic (exact) mass is 397 g/mol. The van der Waals surface area contributed by atoms with Crippen molar-refractivity contribution in [1.29, 1.82) is 0 Å². The van der Waals surface area contributed by atoms with E-state index in [2.05, 4.69) is 65.9 Å². The van der Waals surface area contributed by atoms with Crippen molar-refractivity contribution in [3.05, 3.63) is 95.5 Å². The number of nitrogens with one attached hydrogen (secondary N) is 1. The third-order valence-corrected chi connectivity index (χ3v) is 6.13. The van der Waals surface area contributed by atoms with Crippen molar-refractivity contribution in [3.8, 4) is 5.75 Å². The third-order valence-electron chi connectivity index (χ3n) is 6.13. The molecule has 1 fully saturated rings. The molecular formula is C26H27N3O. The van der Waals surface area contributed by atoms with Gasteiger partial charge in [0.25, 0.3) is 0 Å². The van der Waals surface area contributed by atoms with Gasteiger partial charge in [-0.15, -0.1) is 0 Å². The van der Waals surface area contributed by atoms with Crippen LogP contribution in [0.4, 0.5) is 0 Å². The molecule has 4 heteroatoms. The van der Waals surface area contributed by atoms with Crippen molar-refractivity contribution in [2.24, 2.45) is 0 Å². The number of H-pyrrole nitrogens is 1. The van der Waals surface area contributed by atoms with E-state index in [1.807, 2.05) is 18.2 Å². The molecule has 3 aromatic rings. The SMILES string of the molecule is C=C1C[C@@H](c2nc3ccc(OC)cc3[nH]2)N(C2=CC(c3cccc(C)c3)CC=C2)C1. The topological polar surface area (TPSA) is 41.1 Å². The highest BCUT2D eigenvalue weighted by Crippen LogP contribution is 2.39. The number of aryl methyl sites for hydroxylation is 1. The number of imidazole rings is 1. The number of fused-ring (bicyclic) bond motifs is 1. The maximum atomic E-state index is 5.36. The first-order valence-electron chi connectivity index (χ1n) is 10.5. The van der Waals surface area contributed by atoms with Crippen molar-refractivity contribution in [2.45, 2.75) is 31.7 Å². The summed E-state index contributed by atoms with van der Waals surface area (Å²) in [4.78, 5) is 10.9. The van der Waals surface area contributed by atoms with E-state index in [1.54, 1.807) is 7.11 Å². The van der Waals surface area contributed by atoms with E-state index >= 15 is 0 Å². The summed E-state index contributed by atoms with van der Waals surface area (Å²) in [5.41, 5.74) is 7.16. The van der Waals surface area contributed by atoms with Gasteiger partial charge in [0.05, 0.1) is 24.2 Å². The zero-order chi connectivity index (χ0) is 20.7. The van der Waals surface area contributed by atoms with Gasteiger partial charge in [-0.3, -0.25) is 0 Å². The highest BCUT2D eigenvalue weighted by Gasteiger charge is 2.32. The van der Waals surface area contributed by atoms with Gasteiger partial charge >= 0.3 is 0 Å². The number of hydrogen-bond acceptors (Lipinski definition) is 3. The lowest BCUT2D eigenvalue weighted by molar-refractivity contribution is 0.324. The Labute approximate surface area is 177 Å². The van der Waals surface area contributed by atoms with Gasteiger partial charge < -0.3 is 14.6 Å². The molecule has 0 radical (unpaired) electrons. The maximum absolute atomic E-state index is 5.36. The fourth-order valence-corrected chi connectivity index (χ4v) is 4.60. The van der Waals surface area contributed by atoms with Crippen LogP contribution in [0.5, 0.6) is 5.75 Å². The second kappa shape index (κ2) is 7.52. The van der Waals surface area contributed by atoms with Gasteiger partial charge in [-0.05, 0) is 43.5 Å². The van der Waals surface area contributed by atoms with Crippen LogP contribution in [0.2, 0.25) is 0 Å². The molecule has 0 saturated carbocycles. The van der Waals surface area contributed by atoms with E-state index in [-0.39, 0.29) is 6.04 Å². The molecule has 30 heavy (non-hydrogen) atoms. The van der Waals surface area contributed by atoms with Crippen molar-refractivity contribution >= 4 is 11.0 Å². The number of hydrogen-bond donors (Lipinski definition) is 1. The third kappa shape index (κ3) is 3.43. The molecule has 5 rings (SSSR count). The number of ether oxygens (including phenoxy) is 1. The number of benzene rings is 2. The fourth-order valence-electron chi connectivity index (χ4n) is 4.60. The number of likely N-dealkylation sites (tertiary alicyclic amines) is 1. The number of methoxy groups -OCH3 is 1. The number of rotatable bonds is 4. The number of aromatic amines is 1. The van der Waals surface area contributed by atoms with Crippen LogP contribution in [-0.2, 0) is 0 Å². The lowest BCUT2D eigenvalue weighted by Gasteiger charge is -2.29. The summed E-state index contributed by atoms with van der Waals surface area (Å²) in [5, 5.41) is 0. The molecule has 1 aliphatic heterocycles. The Morgan fingerprint density at radius 1 is 1.20 bits per heavy atom. The molecule has 1 saturated heterocycles. The molecule has 1 unspecified atom stereocenters. The molecule has 2 atom stereocenters. The molecular weight excluding hydrogens is 370 g/mol. The van der Waals surface area contributed by atoms with Crippen LogP contribution in [0, 0.1) is 6.92 Å². The number of allylic oxidation sites excluding steroid dienone is 3. The Morgan fingerprint density at radius 3 is 2.93 bits per heavy atom. The van der Waals surface area contributed by atoms with Gasteiger partial charge in [-0.1, -0.05) is 54.1 Å². The van der Waals surface area contributed by atoms with Crippen molar-refractivity contribution in [1.82, 2.24) is 14.9 Å². The molecule has 0 spiro atoms. The molecule has 0 bridgehead atoms. The molecule has 0 amide bonds. The van der Waals surface area contributed by atoms with Gasteiger partial charge in [0.1, 0.15) is 11.6 Å². The Bertz CT molecular complexity index is 1170. The summed E-state index contributed by atoms with van der Waals surface area (Å²) < 4.78 is 5.36. The lowest BCUT2D eigenvalue weighted by atomic mass is 9.90. The average molecular weight is 398 g/mol. The van der Waals surface area contributed by atoms with E-state index in [1.165, 1.54) is 22.4 Å². The summed E-state index contributed by atoms with van der Waals surface area (Å²) >= 11 is 0. The summed E-state index contributed by atoms with van der Waals surface area (Å²) in [6.45, 7) is 7.31. The van der Waals surface area contributed by atoms with E-state index in [0.717, 1.165) is 42.0 Å². The highest BCUT2D eigenvalue weighted by molar-refractivity contribution is 5.77. The Balaban J connectivity index is 1.48. The van der Waals surface area contributed by atoms with Crippen LogP contribution in [0.25, 0.3) is 11.0 Å². The Kier molecular flexibility index (Phi) is 4.70. The van der Waals surface area contributed by atoms with E-state index in [0.29, 0.717) is 5.92 Å². The first kappa shape index (κ1) is 18.7. The smallest absolute Gasteiger partial charge is 0.130 e. The lowest BCUT2D eigenvalue weighted by Crippen LogP contribution is -2.24. The molecule has 1 N–H and O–H groups in total. The molecule has 152 valence electrons. The zero-order valence-corrected chi connectivity index (χ0v) is 17.6. The molecule has 4 nitrogen and oxygen atoms in total. The standard InChI is InChI=1S/C26H27N3O/c1-17-6-4-7-19(12-17)20-8-5-9-21(14-20)29-16-18(2)13-25(29)26-27-23-11-10-22(30-3)15-24(23)28-26/h4-7,9-12,14-15,20,25H,2,8,13,16H2,1,3H3,(H,27,28)/t20?,25-/m0/s1. The second-order valence-corrected chi connectivity index (χ2v) is 8.35. The van der Waals surface area contributed by atoms with Gasteiger partial charge in [-0.25, -0.2) is 4.98 Å². The van der Waals surface area contributed by atoms with Crippen LogP contribution < -0.4 is 4.74 Å². The van der Waals surface area contributed by atoms with Crippen LogP contribution in [-0.4, -0.2) is 28.5 Å². The first-order chi connectivity index (χ1) is 14.6. The van der Waals surface area contributed by atoms with Crippen LogP contribution in [0.1, 0.15) is 41.8 Å². The normalized spacial score (nSPS) is 21.3. The second-order valence-electron chi connectivity index (χ2n) is 8.35. The summed E-state index contributed by atoms with van der Waals surface area (Å²) in [7, 11) is 1.69. The predicted molar refractivity (Wildman–Crippen MR) is 122 cm³/mol. The summed E-state index contributed by atoms with van der Waals surface area (Å²) in [6, 6.07) is 15.0. The largest absolute Gasteiger partial charge is 0.497 e. The van der Waals surface area contributed by atoms with E-state index < -0.39 is 0 Å². The molecule has 2 aromatic carbocycles. The predicted octanol–water partition coefficient (Wildman–Crippen LogP) is 5.81. The number of aromatic nitrogens is 2.